The molecule has 6 heteroatoms. The van der Waals surface area contributed by atoms with Crippen LogP contribution in [0.2, 0.25) is 0 Å². The van der Waals surface area contributed by atoms with E-state index in [1.54, 1.807) is 18.1 Å². The van der Waals surface area contributed by atoms with E-state index in [4.69, 9.17) is 0 Å². The van der Waals surface area contributed by atoms with Crippen molar-refractivity contribution in [2.75, 3.05) is 30.0 Å². The molecule has 1 fully saturated rings. The van der Waals surface area contributed by atoms with Gasteiger partial charge in [0.15, 0.2) is 0 Å². The van der Waals surface area contributed by atoms with Gasteiger partial charge in [-0.05, 0) is 25.0 Å². The quantitative estimate of drug-likeness (QED) is 0.830. The predicted molar refractivity (Wildman–Crippen MR) is 112 cm³/mol. The number of carbonyl (C=O) groups excluding carboxylic acids is 1. The molecule has 1 aromatic heterocycles. The molecule has 6 nitrogen and oxygen atoms in total. The maximum atomic E-state index is 12.6. The molecule has 2 aromatic rings. The Balaban J connectivity index is 2.08. The van der Waals surface area contributed by atoms with Crippen LogP contribution in [0.25, 0.3) is 11.1 Å². The van der Waals surface area contributed by atoms with Gasteiger partial charge in [0.2, 0.25) is 5.91 Å². The zero-order valence-corrected chi connectivity index (χ0v) is 17.0. The normalized spacial score (nSPS) is 19.3. The number of aryl methyl sites for hydroxylation is 1. The molecule has 0 radical (unpaired) electrons. The molecule has 2 atom stereocenters. The lowest BCUT2D eigenvalue weighted by Crippen LogP contribution is -2.34. The first-order chi connectivity index (χ1) is 13.3. The third kappa shape index (κ3) is 4.03. The van der Waals surface area contributed by atoms with E-state index < -0.39 is 6.10 Å². The summed E-state index contributed by atoms with van der Waals surface area (Å²) < 4.78 is 0. The van der Waals surface area contributed by atoms with Gasteiger partial charge in [-0.25, -0.2) is 4.98 Å². The van der Waals surface area contributed by atoms with Gasteiger partial charge in [-0.15, -0.1) is 0 Å². The van der Waals surface area contributed by atoms with Gasteiger partial charge in [0, 0.05) is 25.1 Å². The average Bonchev–Trinajstić information content (AvgIpc) is 3.07. The molecule has 1 aromatic carbocycles. The highest BCUT2D eigenvalue weighted by Gasteiger charge is 2.32. The molecule has 0 saturated carbocycles. The highest BCUT2D eigenvalue weighted by Crippen LogP contribution is 2.35. The Hall–Kier alpha value is -2.44. The zero-order chi connectivity index (χ0) is 20.4. The first-order valence-electron chi connectivity index (χ1n) is 9.72. The van der Waals surface area contributed by atoms with Gasteiger partial charge in [-0.3, -0.25) is 4.79 Å². The molecule has 1 aliphatic heterocycles. The lowest BCUT2D eigenvalue weighted by Gasteiger charge is -2.27. The molecular formula is C22H29N3O3. The summed E-state index contributed by atoms with van der Waals surface area (Å²) in [6.07, 6.45) is 1.75. The lowest BCUT2D eigenvalue weighted by atomic mass is 10.0. The van der Waals surface area contributed by atoms with Gasteiger partial charge in [0.05, 0.1) is 30.6 Å². The van der Waals surface area contributed by atoms with Crippen molar-refractivity contribution in [3.05, 3.63) is 42.1 Å². The van der Waals surface area contributed by atoms with Crippen LogP contribution in [0.1, 0.15) is 25.8 Å². The summed E-state index contributed by atoms with van der Waals surface area (Å²) in [5.74, 6) is 0.594. The Morgan fingerprint density at radius 1 is 1.32 bits per heavy atom. The van der Waals surface area contributed by atoms with Crippen LogP contribution in [-0.4, -0.2) is 53.4 Å². The molecule has 2 N–H and O–H groups in total. The number of anilines is 2. The van der Waals surface area contributed by atoms with Crippen molar-refractivity contribution >= 4 is 17.4 Å². The molecule has 3 rings (SSSR count). The van der Waals surface area contributed by atoms with Crippen LogP contribution in [0, 0.1) is 12.8 Å². The van der Waals surface area contributed by atoms with E-state index in [0.717, 1.165) is 22.4 Å². The minimum Gasteiger partial charge on any atom is -0.394 e. The fourth-order valence-corrected chi connectivity index (χ4v) is 3.68. The third-order valence-electron chi connectivity index (χ3n) is 5.31. The fourth-order valence-electron chi connectivity index (χ4n) is 3.68. The molecule has 0 aliphatic carbocycles. The van der Waals surface area contributed by atoms with E-state index in [9.17, 15) is 15.0 Å². The molecular weight excluding hydrogens is 354 g/mol. The van der Waals surface area contributed by atoms with E-state index in [1.165, 1.54) is 0 Å². The van der Waals surface area contributed by atoms with Crippen LogP contribution in [0.3, 0.4) is 0 Å². The number of carbonyl (C=O) groups is 1. The number of hydrogen-bond acceptors (Lipinski definition) is 5. The monoisotopic (exact) mass is 383 g/mol. The second-order valence-electron chi connectivity index (χ2n) is 7.86. The number of hydrogen-bond donors (Lipinski definition) is 2. The first kappa shape index (κ1) is 20.3. The molecule has 150 valence electrons. The van der Waals surface area contributed by atoms with Gasteiger partial charge in [0.25, 0.3) is 0 Å². The Labute approximate surface area is 166 Å². The number of β-amino-alcohol motifs (C(OH)–C–C–N with tert-alkyl or cyclic N) is 1. The van der Waals surface area contributed by atoms with Gasteiger partial charge in [0.1, 0.15) is 5.82 Å². The smallest absolute Gasteiger partial charge is 0.229 e. The van der Waals surface area contributed by atoms with Crippen LogP contribution in [-0.2, 0) is 4.79 Å². The van der Waals surface area contributed by atoms with E-state index in [2.05, 4.69) is 4.98 Å². The average molecular weight is 383 g/mol. The van der Waals surface area contributed by atoms with E-state index in [0.29, 0.717) is 18.8 Å². The number of rotatable bonds is 5. The predicted octanol–water partition coefficient (Wildman–Crippen LogP) is 2.61. The van der Waals surface area contributed by atoms with E-state index >= 15 is 0 Å². The van der Waals surface area contributed by atoms with Crippen LogP contribution in [0.5, 0.6) is 0 Å². The zero-order valence-electron chi connectivity index (χ0n) is 17.0. The van der Waals surface area contributed by atoms with Gasteiger partial charge < -0.3 is 20.0 Å². The first-order valence-corrected chi connectivity index (χ1v) is 9.72. The summed E-state index contributed by atoms with van der Waals surface area (Å²) in [6, 6.07) is 9.95. The molecule has 2 heterocycles. The SMILES string of the molecule is Cc1ccc(-c2cc(N3CC(O)CC3CO)ncc2N(C)C(=O)C(C)C)cc1. The highest BCUT2D eigenvalue weighted by atomic mass is 16.3. The second-order valence-corrected chi connectivity index (χ2v) is 7.86. The topological polar surface area (TPSA) is 76.9 Å². The third-order valence-corrected chi connectivity index (χ3v) is 5.31. The molecule has 2 unspecified atom stereocenters. The molecule has 0 bridgehead atoms. The van der Waals surface area contributed by atoms with Crippen LogP contribution >= 0.6 is 0 Å². The summed E-state index contributed by atoms with van der Waals surface area (Å²) >= 11 is 0. The van der Waals surface area contributed by atoms with Crippen molar-refractivity contribution in [1.82, 2.24) is 4.98 Å². The highest BCUT2D eigenvalue weighted by molar-refractivity contribution is 5.98. The Morgan fingerprint density at radius 3 is 2.61 bits per heavy atom. The Bertz CT molecular complexity index is 835. The minimum absolute atomic E-state index is 0.0211. The molecule has 1 saturated heterocycles. The maximum absolute atomic E-state index is 12.6. The van der Waals surface area contributed by atoms with Crippen molar-refractivity contribution in [3.8, 4) is 11.1 Å². The van der Waals surface area contributed by atoms with Crippen molar-refractivity contribution in [2.45, 2.75) is 39.3 Å². The number of aromatic nitrogens is 1. The van der Waals surface area contributed by atoms with Crippen LogP contribution in [0.15, 0.2) is 36.5 Å². The Kier molecular flexibility index (Phi) is 6.01. The van der Waals surface area contributed by atoms with E-state index in [1.807, 2.05) is 56.0 Å². The van der Waals surface area contributed by atoms with Gasteiger partial charge >= 0.3 is 0 Å². The van der Waals surface area contributed by atoms with Gasteiger partial charge in [-0.2, -0.15) is 0 Å². The summed E-state index contributed by atoms with van der Waals surface area (Å²) in [6.45, 7) is 6.19. The van der Waals surface area contributed by atoms with Crippen molar-refractivity contribution in [3.63, 3.8) is 0 Å². The van der Waals surface area contributed by atoms with E-state index in [-0.39, 0.29) is 24.5 Å². The minimum atomic E-state index is -0.480. The fraction of sp³-hybridized carbons (Fsp3) is 0.455. The molecule has 1 amide bonds. The van der Waals surface area contributed by atoms with Crippen molar-refractivity contribution in [1.29, 1.82) is 0 Å². The number of aliphatic hydroxyl groups excluding tert-OH is 2. The summed E-state index contributed by atoms with van der Waals surface area (Å²) in [5, 5.41) is 19.7. The Morgan fingerprint density at radius 2 is 2.00 bits per heavy atom. The molecule has 0 spiro atoms. The van der Waals surface area contributed by atoms with Crippen LogP contribution in [0.4, 0.5) is 11.5 Å². The van der Waals surface area contributed by atoms with Crippen molar-refractivity contribution in [2.24, 2.45) is 5.92 Å². The standard InChI is InChI=1S/C22H29N3O3/c1-14(2)22(28)24(4)20-11-23-21(25-12-18(27)9-17(25)13-26)10-19(20)16-7-5-15(3)6-8-16/h5-8,10-11,14,17-18,26-27H,9,12-13H2,1-4H3. The second kappa shape index (κ2) is 8.29. The largest absolute Gasteiger partial charge is 0.394 e. The molecule has 28 heavy (non-hydrogen) atoms. The number of nitrogens with zero attached hydrogens (tertiary/aromatic N) is 3. The number of benzene rings is 1. The summed E-state index contributed by atoms with van der Waals surface area (Å²) in [7, 11) is 1.77. The number of aliphatic hydroxyl groups is 2. The van der Waals surface area contributed by atoms with Gasteiger partial charge in [-0.1, -0.05) is 43.7 Å². The maximum Gasteiger partial charge on any atom is 0.229 e. The summed E-state index contributed by atoms with van der Waals surface area (Å²) in [5.41, 5.74) is 3.80. The lowest BCUT2D eigenvalue weighted by molar-refractivity contribution is -0.121. The van der Waals surface area contributed by atoms with Crippen LogP contribution < -0.4 is 9.80 Å². The van der Waals surface area contributed by atoms with Crippen molar-refractivity contribution < 1.29 is 15.0 Å². The number of pyridine rings is 1. The number of amides is 1. The molecule has 1 aliphatic rings. The summed E-state index contributed by atoms with van der Waals surface area (Å²) in [4.78, 5) is 20.7.